The summed E-state index contributed by atoms with van der Waals surface area (Å²) in [5.74, 6) is 0.717. The molecule has 0 radical (unpaired) electrons. The van der Waals surface area contributed by atoms with Gasteiger partial charge in [0.15, 0.2) is 0 Å². The van der Waals surface area contributed by atoms with Crippen molar-refractivity contribution in [3.05, 3.63) is 29.8 Å². The van der Waals surface area contributed by atoms with Gasteiger partial charge < -0.3 is 4.74 Å². The summed E-state index contributed by atoms with van der Waals surface area (Å²) in [6, 6.07) is 11.4. The molecule has 0 unspecified atom stereocenters. The molecule has 0 bridgehead atoms. The molecular weight excluding hydrogens is 188 g/mol. The van der Waals surface area contributed by atoms with E-state index >= 15 is 0 Å². The van der Waals surface area contributed by atoms with E-state index < -0.39 is 5.41 Å². The van der Waals surface area contributed by atoms with Crippen LogP contribution in [-0.2, 0) is 6.42 Å². The van der Waals surface area contributed by atoms with Crippen molar-refractivity contribution in [2.75, 3.05) is 7.11 Å². The molecule has 0 aliphatic carbocycles. The largest absolute Gasteiger partial charge is 0.496 e. The lowest BCUT2D eigenvalue weighted by Crippen LogP contribution is -2.14. The van der Waals surface area contributed by atoms with Crippen molar-refractivity contribution < 1.29 is 4.74 Å². The molecule has 0 aliphatic heterocycles. The molecule has 0 amide bonds. The molecular formula is C12H12N2O. The third-order valence-corrected chi connectivity index (χ3v) is 2.23. The smallest absolute Gasteiger partial charge is 0.145 e. The van der Waals surface area contributed by atoms with Gasteiger partial charge in [0.25, 0.3) is 0 Å². The maximum Gasteiger partial charge on any atom is 0.145 e. The van der Waals surface area contributed by atoms with Crippen LogP contribution in [0.15, 0.2) is 24.3 Å². The normalized spacial score (nSPS) is 10.1. The summed E-state index contributed by atoms with van der Waals surface area (Å²) in [4.78, 5) is 0. The molecule has 1 rings (SSSR count). The molecule has 0 N–H and O–H groups in total. The summed E-state index contributed by atoms with van der Waals surface area (Å²) >= 11 is 0. The van der Waals surface area contributed by atoms with Crippen molar-refractivity contribution in [2.24, 2.45) is 5.41 Å². The second-order valence-electron chi connectivity index (χ2n) is 3.54. The Morgan fingerprint density at radius 1 is 1.27 bits per heavy atom. The summed E-state index contributed by atoms with van der Waals surface area (Å²) < 4.78 is 5.16. The van der Waals surface area contributed by atoms with E-state index in [0.717, 1.165) is 5.56 Å². The first-order chi connectivity index (χ1) is 7.15. The maximum atomic E-state index is 8.90. The van der Waals surface area contributed by atoms with Crippen molar-refractivity contribution >= 4 is 0 Å². The highest BCUT2D eigenvalue weighted by atomic mass is 16.5. The van der Waals surface area contributed by atoms with Crippen LogP contribution < -0.4 is 4.74 Å². The van der Waals surface area contributed by atoms with E-state index in [0.29, 0.717) is 12.2 Å². The molecule has 0 heterocycles. The van der Waals surface area contributed by atoms with Gasteiger partial charge in [-0.25, -0.2) is 0 Å². The summed E-state index contributed by atoms with van der Waals surface area (Å²) in [5, 5.41) is 17.8. The van der Waals surface area contributed by atoms with Crippen molar-refractivity contribution in [2.45, 2.75) is 13.3 Å². The summed E-state index contributed by atoms with van der Waals surface area (Å²) in [5.41, 5.74) is -0.111. The minimum atomic E-state index is -0.991. The third-order valence-electron chi connectivity index (χ3n) is 2.23. The van der Waals surface area contributed by atoms with Crippen LogP contribution in [0.5, 0.6) is 5.75 Å². The Labute approximate surface area is 89.5 Å². The van der Waals surface area contributed by atoms with Gasteiger partial charge in [0.1, 0.15) is 11.2 Å². The fraction of sp³-hybridized carbons (Fsp3) is 0.333. The van der Waals surface area contributed by atoms with E-state index in [1.807, 2.05) is 36.4 Å². The van der Waals surface area contributed by atoms with E-state index in [9.17, 15) is 0 Å². The fourth-order valence-electron chi connectivity index (χ4n) is 1.33. The molecule has 15 heavy (non-hydrogen) atoms. The van der Waals surface area contributed by atoms with Crippen LogP contribution in [-0.4, -0.2) is 7.11 Å². The third kappa shape index (κ3) is 2.48. The number of hydrogen-bond donors (Lipinski definition) is 0. The van der Waals surface area contributed by atoms with E-state index in [2.05, 4.69) is 0 Å². The number of rotatable bonds is 3. The Bertz CT molecular complexity index is 412. The van der Waals surface area contributed by atoms with Gasteiger partial charge in [-0.15, -0.1) is 0 Å². The highest BCUT2D eigenvalue weighted by Crippen LogP contribution is 2.26. The standard InChI is InChI=1S/C12H12N2O/c1-12(8-13,9-14)7-10-5-3-4-6-11(10)15-2/h3-6H,7H2,1-2H3. The van der Waals surface area contributed by atoms with Gasteiger partial charge in [0.2, 0.25) is 0 Å². The van der Waals surface area contributed by atoms with Crippen molar-refractivity contribution in [3.8, 4) is 17.9 Å². The number of hydrogen-bond acceptors (Lipinski definition) is 3. The maximum absolute atomic E-state index is 8.90. The molecule has 0 saturated heterocycles. The van der Waals surface area contributed by atoms with Gasteiger partial charge in [0, 0.05) is 6.42 Å². The molecule has 0 fully saturated rings. The molecule has 76 valence electrons. The van der Waals surface area contributed by atoms with Gasteiger partial charge in [0.05, 0.1) is 19.2 Å². The predicted octanol–water partition coefficient (Wildman–Crippen LogP) is 2.29. The molecule has 0 spiro atoms. The zero-order valence-corrected chi connectivity index (χ0v) is 8.82. The number of nitriles is 2. The lowest BCUT2D eigenvalue weighted by molar-refractivity contribution is 0.405. The lowest BCUT2D eigenvalue weighted by atomic mass is 9.86. The van der Waals surface area contributed by atoms with Gasteiger partial charge in [-0.2, -0.15) is 10.5 Å². The van der Waals surface area contributed by atoms with Gasteiger partial charge >= 0.3 is 0 Å². The number of benzene rings is 1. The first-order valence-corrected chi connectivity index (χ1v) is 4.59. The van der Waals surface area contributed by atoms with Crippen LogP contribution in [0.1, 0.15) is 12.5 Å². The Morgan fingerprint density at radius 3 is 2.40 bits per heavy atom. The first-order valence-electron chi connectivity index (χ1n) is 4.59. The Hall–Kier alpha value is -2.00. The number of ether oxygens (including phenoxy) is 1. The minimum Gasteiger partial charge on any atom is -0.496 e. The molecule has 3 nitrogen and oxygen atoms in total. The van der Waals surface area contributed by atoms with E-state index in [4.69, 9.17) is 15.3 Å². The fourth-order valence-corrected chi connectivity index (χ4v) is 1.33. The van der Waals surface area contributed by atoms with Crippen LogP contribution in [0.25, 0.3) is 0 Å². The van der Waals surface area contributed by atoms with E-state index in [1.54, 1.807) is 14.0 Å². The Morgan fingerprint density at radius 2 is 1.87 bits per heavy atom. The average Bonchev–Trinajstić information content (AvgIpc) is 2.29. The molecule has 0 saturated carbocycles. The van der Waals surface area contributed by atoms with Crippen molar-refractivity contribution in [3.63, 3.8) is 0 Å². The second-order valence-corrected chi connectivity index (χ2v) is 3.54. The summed E-state index contributed by atoms with van der Waals surface area (Å²) in [6.45, 7) is 1.62. The van der Waals surface area contributed by atoms with Crippen molar-refractivity contribution in [1.82, 2.24) is 0 Å². The highest BCUT2D eigenvalue weighted by Gasteiger charge is 2.25. The van der Waals surface area contributed by atoms with Crippen LogP contribution in [0.4, 0.5) is 0 Å². The lowest BCUT2D eigenvalue weighted by Gasteiger charge is -2.14. The average molecular weight is 200 g/mol. The first kappa shape index (κ1) is 11.1. The van der Waals surface area contributed by atoms with Crippen LogP contribution in [0.3, 0.4) is 0 Å². The van der Waals surface area contributed by atoms with E-state index in [1.165, 1.54) is 0 Å². The molecule has 0 aliphatic rings. The van der Waals surface area contributed by atoms with Gasteiger partial charge in [-0.1, -0.05) is 18.2 Å². The molecule has 1 aromatic rings. The topological polar surface area (TPSA) is 56.8 Å². The summed E-state index contributed by atoms with van der Waals surface area (Å²) in [6.07, 6.45) is 0.379. The van der Waals surface area contributed by atoms with Gasteiger partial charge in [-0.3, -0.25) is 0 Å². The predicted molar refractivity (Wildman–Crippen MR) is 56.0 cm³/mol. The highest BCUT2D eigenvalue weighted by molar-refractivity contribution is 5.36. The number of methoxy groups -OCH3 is 1. The van der Waals surface area contributed by atoms with Crippen LogP contribution in [0, 0.1) is 28.1 Å². The zero-order chi connectivity index (χ0) is 11.3. The SMILES string of the molecule is COc1ccccc1CC(C)(C#N)C#N. The quantitative estimate of drug-likeness (QED) is 0.752. The monoisotopic (exact) mass is 200 g/mol. The second kappa shape index (κ2) is 4.48. The van der Waals surface area contributed by atoms with Crippen LogP contribution in [0.2, 0.25) is 0 Å². The number of nitrogens with zero attached hydrogens (tertiary/aromatic N) is 2. The molecule has 0 atom stereocenters. The van der Waals surface area contributed by atoms with Crippen molar-refractivity contribution in [1.29, 1.82) is 10.5 Å². The minimum absolute atomic E-state index is 0.379. The van der Waals surface area contributed by atoms with E-state index in [-0.39, 0.29) is 0 Å². The molecule has 1 aromatic carbocycles. The number of para-hydroxylation sites is 1. The summed E-state index contributed by atoms with van der Waals surface area (Å²) in [7, 11) is 1.58. The molecule has 3 heteroatoms. The van der Waals surface area contributed by atoms with Crippen LogP contribution >= 0.6 is 0 Å². The Balaban J connectivity index is 3.01. The molecule has 0 aromatic heterocycles. The van der Waals surface area contributed by atoms with Gasteiger partial charge in [-0.05, 0) is 18.6 Å². The Kier molecular flexibility index (Phi) is 3.31. The zero-order valence-electron chi connectivity index (χ0n) is 8.82.